The molecule has 1 amide bonds. The maximum absolute atomic E-state index is 13.1. The number of anilines is 1. The van der Waals surface area contributed by atoms with E-state index in [1.165, 1.54) is 11.3 Å². The van der Waals surface area contributed by atoms with E-state index in [0.717, 1.165) is 15.3 Å². The second-order valence-corrected chi connectivity index (χ2v) is 11.0. The second kappa shape index (κ2) is 8.73. The number of H-pyrrole nitrogens is 1. The molecule has 3 N–H and O–H groups in total. The Balaban J connectivity index is 1.27. The number of carbonyl (C=O) groups excluding carboxylic acids is 1. The Morgan fingerprint density at radius 1 is 1.32 bits per heavy atom. The van der Waals surface area contributed by atoms with Crippen LogP contribution in [0.25, 0.3) is 37.2 Å². The highest BCUT2D eigenvalue weighted by molar-refractivity contribution is 7.21. The molecule has 5 aromatic heterocycles. The zero-order valence-corrected chi connectivity index (χ0v) is 21.4. The van der Waals surface area contributed by atoms with Gasteiger partial charge < -0.3 is 20.1 Å². The minimum Gasteiger partial charge on any atom is -0.394 e. The Kier molecular flexibility index (Phi) is 5.60. The first kappa shape index (κ1) is 23.7. The lowest BCUT2D eigenvalue weighted by molar-refractivity contribution is -0.151. The zero-order valence-electron chi connectivity index (χ0n) is 20.6. The summed E-state index contributed by atoms with van der Waals surface area (Å²) in [4.78, 5) is 36.9. The van der Waals surface area contributed by atoms with Crippen LogP contribution in [-0.4, -0.2) is 83.2 Å². The lowest BCUT2D eigenvalue weighted by atomic mass is 10.1. The number of thiazole rings is 1. The van der Waals surface area contributed by atoms with E-state index in [-0.39, 0.29) is 30.7 Å². The first-order valence-corrected chi connectivity index (χ1v) is 12.6. The number of fused-ring (bicyclic) bond motifs is 5. The van der Waals surface area contributed by atoms with Crippen LogP contribution in [-0.2, 0) is 16.6 Å². The van der Waals surface area contributed by atoms with Gasteiger partial charge in [0.2, 0.25) is 5.91 Å². The third kappa shape index (κ3) is 4.39. The molecular weight excluding hydrogens is 496 g/mol. The number of nitrogens with one attached hydrogen (secondary N) is 2. The number of aryl methyl sites for hydroxylation is 1. The molecular formula is C24H26N8O4S. The molecule has 6 rings (SSSR count). The molecule has 5 aromatic rings. The number of aliphatic hydroxyl groups excluding tert-OH is 1. The molecule has 1 fully saturated rings. The summed E-state index contributed by atoms with van der Waals surface area (Å²) in [5.74, 6) is -0.218. The molecule has 0 unspecified atom stereocenters. The summed E-state index contributed by atoms with van der Waals surface area (Å²) in [6, 6.07) is 1.69. The average molecular weight is 523 g/mol. The topological polar surface area (TPSA) is 143 Å². The number of aromatic nitrogens is 6. The predicted molar refractivity (Wildman–Crippen MR) is 140 cm³/mol. The molecule has 12 nitrogen and oxygen atoms in total. The highest BCUT2D eigenvalue weighted by atomic mass is 32.1. The van der Waals surface area contributed by atoms with Gasteiger partial charge in [0.05, 0.1) is 53.3 Å². The van der Waals surface area contributed by atoms with Gasteiger partial charge >= 0.3 is 0 Å². The molecule has 1 aliphatic heterocycles. The van der Waals surface area contributed by atoms with Gasteiger partial charge in [0.15, 0.2) is 0 Å². The fourth-order valence-electron chi connectivity index (χ4n) is 4.94. The van der Waals surface area contributed by atoms with Crippen LogP contribution < -0.4 is 10.9 Å². The van der Waals surface area contributed by atoms with Crippen LogP contribution >= 0.6 is 11.3 Å². The molecule has 1 saturated heterocycles. The van der Waals surface area contributed by atoms with Gasteiger partial charge in [-0.1, -0.05) is 0 Å². The second-order valence-electron chi connectivity index (χ2n) is 9.95. The summed E-state index contributed by atoms with van der Waals surface area (Å²) in [7, 11) is 1.85. The highest BCUT2D eigenvalue weighted by Gasteiger charge is 2.33. The van der Waals surface area contributed by atoms with Gasteiger partial charge in [-0.25, -0.2) is 4.52 Å². The number of morpholine rings is 1. The van der Waals surface area contributed by atoms with Crippen LogP contribution in [0.15, 0.2) is 35.6 Å². The number of hydrogen-bond acceptors (Lipinski definition) is 9. The lowest BCUT2D eigenvalue weighted by Crippen LogP contribution is -2.55. The molecule has 1 atom stereocenters. The van der Waals surface area contributed by atoms with Crippen molar-refractivity contribution in [3.8, 4) is 10.4 Å². The monoisotopic (exact) mass is 522 g/mol. The predicted octanol–water partition coefficient (Wildman–Crippen LogP) is 1.60. The Hall–Kier alpha value is -3.65. The number of pyridine rings is 2. The fraction of sp³-hybridized carbons (Fsp3) is 0.375. The quantitative estimate of drug-likeness (QED) is 0.316. The van der Waals surface area contributed by atoms with Crippen molar-refractivity contribution in [3.05, 3.63) is 41.2 Å². The van der Waals surface area contributed by atoms with Crippen LogP contribution in [0.3, 0.4) is 0 Å². The Bertz CT molecular complexity index is 1710. The van der Waals surface area contributed by atoms with E-state index >= 15 is 0 Å². The van der Waals surface area contributed by atoms with E-state index in [4.69, 9.17) is 4.74 Å². The SMILES string of the molecule is Cn1cc(-c2cn3nc4c5ncc(NC(=O)CN6C[C@H](CO)OC(C)(C)C6)cc5[nH]c(=O)c4c3s2)cn1. The largest absolute Gasteiger partial charge is 0.394 e. The molecule has 1 aliphatic rings. The van der Waals surface area contributed by atoms with E-state index in [1.807, 2.05) is 38.2 Å². The van der Waals surface area contributed by atoms with Gasteiger partial charge in [-0.05, 0) is 19.9 Å². The first-order chi connectivity index (χ1) is 17.7. The third-order valence-electron chi connectivity index (χ3n) is 6.30. The summed E-state index contributed by atoms with van der Waals surface area (Å²) in [6.45, 7) is 4.95. The smallest absolute Gasteiger partial charge is 0.261 e. The molecule has 192 valence electrons. The number of aliphatic hydroxyl groups is 1. The minimum absolute atomic E-state index is 0.103. The molecule has 0 saturated carbocycles. The van der Waals surface area contributed by atoms with Crippen molar-refractivity contribution in [2.24, 2.45) is 7.05 Å². The third-order valence-corrected chi connectivity index (χ3v) is 7.44. The van der Waals surface area contributed by atoms with E-state index in [1.54, 1.807) is 27.7 Å². The maximum Gasteiger partial charge on any atom is 0.261 e. The molecule has 0 radical (unpaired) electrons. The van der Waals surface area contributed by atoms with Gasteiger partial charge in [-0.15, -0.1) is 11.3 Å². The average Bonchev–Trinajstić information content (AvgIpc) is 3.52. The Labute approximate surface area is 214 Å². The molecule has 0 spiro atoms. The molecule has 13 heteroatoms. The molecule has 0 aliphatic carbocycles. The molecule has 0 bridgehead atoms. The van der Waals surface area contributed by atoms with Crippen molar-refractivity contribution < 1.29 is 14.6 Å². The van der Waals surface area contributed by atoms with Gasteiger partial charge in [-0.2, -0.15) is 10.2 Å². The zero-order chi connectivity index (χ0) is 25.9. The molecule has 6 heterocycles. The van der Waals surface area contributed by atoms with Gasteiger partial charge in [0.1, 0.15) is 21.3 Å². The van der Waals surface area contributed by atoms with Crippen molar-refractivity contribution in [2.45, 2.75) is 25.6 Å². The van der Waals surface area contributed by atoms with Crippen LogP contribution in [0.4, 0.5) is 5.69 Å². The van der Waals surface area contributed by atoms with Crippen LogP contribution in [0.1, 0.15) is 13.8 Å². The summed E-state index contributed by atoms with van der Waals surface area (Å²) in [6.07, 6.45) is 6.79. The summed E-state index contributed by atoms with van der Waals surface area (Å²) in [5, 5.41) is 21.7. The van der Waals surface area contributed by atoms with Gasteiger partial charge in [0, 0.05) is 38.1 Å². The van der Waals surface area contributed by atoms with Crippen molar-refractivity contribution in [1.29, 1.82) is 0 Å². The van der Waals surface area contributed by atoms with E-state index in [0.29, 0.717) is 40.7 Å². The van der Waals surface area contributed by atoms with Gasteiger partial charge in [0.25, 0.3) is 5.56 Å². The Morgan fingerprint density at radius 3 is 2.92 bits per heavy atom. The number of carbonyl (C=O) groups is 1. The van der Waals surface area contributed by atoms with E-state index < -0.39 is 5.60 Å². The molecule has 0 aromatic carbocycles. The number of hydrogen-bond donors (Lipinski definition) is 3. The summed E-state index contributed by atoms with van der Waals surface area (Å²) < 4.78 is 9.24. The van der Waals surface area contributed by atoms with Crippen LogP contribution in [0, 0.1) is 0 Å². The highest BCUT2D eigenvalue weighted by Crippen LogP contribution is 2.33. The van der Waals surface area contributed by atoms with Crippen LogP contribution in [0.5, 0.6) is 0 Å². The number of aromatic amines is 1. The first-order valence-electron chi connectivity index (χ1n) is 11.8. The number of ether oxygens (including phenoxy) is 1. The van der Waals surface area contributed by atoms with Crippen molar-refractivity contribution in [3.63, 3.8) is 0 Å². The van der Waals surface area contributed by atoms with Gasteiger partial charge in [-0.3, -0.25) is 24.2 Å². The lowest BCUT2D eigenvalue weighted by Gasteiger charge is -2.41. The van der Waals surface area contributed by atoms with Crippen molar-refractivity contribution in [2.75, 3.05) is 31.6 Å². The number of nitrogens with zero attached hydrogens (tertiary/aromatic N) is 6. The normalized spacial score (nSPS) is 18.2. The summed E-state index contributed by atoms with van der Waals surface area (Å²) in [5.41, 5.74) is 2.24. The fourth-order valence-corrected chi connectivity index (χ4v) is 6.00. The molecule has 37 heavy (non-hydrogen) atoms. The minimum atomic E-state index is -0.460. The number of rotatable bonds is 5. The van der Waals surface area contributed by atoms with Crippen molar-refractivity contribution in [1.82, 2.24) is 34.3 Å². The standard InChI is InChI=1S/C24H26N8O4S/c1-24(2)12-31(8-15(11-33)36-24)10-18(34)27-14-4-16-20(25-6-14)21-19(22(35)28-16)23-32(29-21)9-17(37-23)13-5-26-30(3)7-13/h4-7,9,15,33H,8,10-12H2,1-3H3,(H,27,34)(H,28,35)/t15-/m1/s1. The number of amides is 1. The van der Waals surface area contributed by atoms with E-state index in [9.17, 15) is 14.7 Å². The van der Waals surface area contributed by atoms with Crippen LogP contribution in [0.2, 0.25) is 0 Å². The maximum atomic E-state index is 13.1. The Morgan fingerprint density at radius 2 is 2.16 bits per heavy atom. The van der Waals surface area contributed by atoms with E-state index in [2.05, 4.69) is 25.5 Å². The summed E-state index contributed by atoms with van der Waals surface area (Å²) >= 11 is 1.47. The van der Waals surface area contributed by atoms with Crippen molar-refractivity contribution >= 4 is 49.7 Å².